The summed E-state index contributed by atoms with van der Waals surface area (Å²) in [7, 11) is 0. The minimum atomic E-state index is -0.254. The average molecular weight is 373 g/mol. The van der Waals surface area contributed by atoms with Crippen molar-refractivity contribution in [3.63, 3.8) is 0 Å². The highest BCUT2D eigenvalue weighted by Crippen LogP contribution is 2.34. The van der Waals surface area contributed by atoms with E-state index in [0.717, 1.165) is 57.2 Å². The van der Waals surface area contributed by atoms with Gasteiger partial charge in [0, 0.05) is 63.0 Å². The zero-order valence-corrected chi connectivity index (χ0v) is 15.8. The van der Waals surface area contributed by atoms with Crippen molar-refractivity contribution in [3.05, 3.63) is 30.4 Å². The van der Waals surface area contributed by atoms with Crippen molar-refractivity contribution in [2.45, 2.75) is 56.9 Å². The van der Waals surface area contributed by atoms with Crippen LogP contribution in [0.1, 0.15) is 56.7 Å². The van der Waals surface area contributed by atoms with Crippen molar-refractivity contribution >= 4 is 5.91 Å². The molecule has 2 saturated heterocycles. The lowest BCUT2D eigenvalue weighted by Crippen LogP contribution is -2.47. The molecule has 146 valence electrons. The summed E-state index contributed by atoms with van der Waals surface area (Å²) in [5.74, 6) is 1.91. The maximum absolute atomic E-state index is 12.7. The fourth-order valence-electron chi connectivity index (χ4n) is 4.03. The van der Waals surface area contributed by atoms with E-state index in [4.69, 9.17) is 14.2 Å². The second-order valence-electron chi connectivity index (χ2n) is 7.87. The fraction of sp³-hybridized carbons (Fsp3) is 0.684. The molecule has 2 aromatic heterocycles. The van der Waals surface area contributed by atoms with E-state index in [1.54, 1.807) is 12.5 Å². The first kappa shape index (κ1) is 18.2. The van der Waals surface area contributed by atoms with Crippen LogP contribution in [0.3, 0.4) is 0 Å². The molecule has 27 heavy (non-hydrogen) atoms. The molecule has 1 atom stereocenters. The van der Waals surface area contributed by atoms with Crippen molar-refractivity contribution in [1.82, 2.24) is 24.6 Å². The van der Waals surface area contributed by atoms with Crippen LogP contribution >= 0.6 is 0 Å². The molecule has 0 aromatic carbocycles. The summed E-state index contributed by atoms with van der Waals surface area (Å²) >= 11 is 0. The first-order valence-electron chi connectivity index (χ1n) is 9.79. The standard InChI is InChI=1S/C19H27N5O3/c1-19(18-21-17(27-22-18)15-4-11-26-12-5-15)6-2-8-24(13-19)16(25)3-9-23-10-7-20-14-23/h7,10,14-15H,2-6,8-9,11-13H2,1H3/t19-/m0/s1. The Labute approximate surface area is 158 Å². The minimum Gasteiger partial charge on any atom is -0.381 e. The molecule has 0 radical (unpaired) electrons. The number of nitrogens with zero attached hydrogens (tertiary/aromatic N) is 5. The molecule has 0 aliphatic carbocycles. The van der Waals surface area contributed by atoms with E-state index in [0.29, 0.717) is 25.4 Å². The summed E-state index contributed by atoms with van der Waals surface area (Å²) in [4.78, 5) is 23.4. The molecule has 0 saturated carbocycles. The molecule has 4 heterocycles. The quantitative estimate of drug-likeness (QED) is 0.798. The van der Waals surface area contributed by atoms with E-state index in [9.17, 15) is 4.79 Å². The topological polar surface area (TPSA) is 86.3 Å². The predicted molar refractivity (Wildman–Crippen MR) is 97.1 cm³/mol. The number of aromatic nitrogens is 4. The molecular weight excluding hydrogens is 346 g/mol. The van der Waals surface area contributed by atoms with Gasteiger partial charge in [-0.25, -0.2) is 4.98 Å². The van der Waals surface area contributed by atoms with Gasteiger partial charge in [-0.15, -0.1) is 0 Å². The second kappa shape index (κ2) is 7.80. The smallest absolute Gasteiger partial charge is 0.229 e. The SMILES string of the molecule is C[C@]1(c2noc(C3CCOCC3)n2)CCCN(C(=O)CCn2ccnc2)C1. The highest BCUT2D eigenvalue weighted by atomic mass is 16.5. The number of ether oxygens (including phenoxy) is 1. The van der Waals surface area contributed by atoms with Crippen LogP contribution in [0, 0.1) is 0 Å². The van der Waals surface area contributed by atoms with E-state index in [-0.39, 0.29) is 11.3 Å². The van der Waals surface area contributed by atoms with Gasteiger partial charge in [-0.1, -0.05) is 12.1 Å². The Morgan fingerprint density at radius 1 is 1.37 bits per heavy atom. The van der Waals surface area contributed by atoms with Crippen LogP contribution in [0.25, 0.3) is 0 Å². The number of rotatable bonds is 5. The van der Waals surface area contributed by atoms with Crippen LogP contribution in [0.5, 0.6) is 0 Å². The largest absolute Gasteiger partial charge is 0.381 e. The predicted octanol–water partition coefficient (Wildman–Crippen LogP) is 2.13. The summed E-state index contributed by atoms with van der Waals surface area (Å²) in [5.41, 5.74) is -0.254. The molecule has 2 fully saturated rings. The lowest BCUT2D eigenvalue weighted by molar-refractivity contribution is -0.133. The second-order valence-corrected chi connectivity index (χ2v) is 7.87. The van der Waals surface area contributed by atoms with Crippen LogP contribution in [0.4, 0.5) is 0 Å². The van der Waals surface area contributed by atoms with Crippen LogP contribution in [-0.4, -0.2) is 56.8 Å². The molecule has 0 N–H and O–H groups in total. The summed E-state index contributed by atoms with van der Waals surface area (Å²) in [6.07, 6.45) is 9.60. The molecule has 4 rings (SSSR count). The van der Waals surface area contributed by atoms with Gasteiger partial charge in [0.25, 0.3) is 0 Å². The minimum absolute atomic E-state index is 0.169. The molecular formula is C19H27N5O3. The van der Waals surface area contributed by atoms with Gasteiger partial charge in [-0.3, -0.25) is 4.79 Å². The Bertz CT molecular complexity index is 753. The van der Waals surface area contributed by atoms with Crippen molar-refractivity contribution in [2.24, 2.45) is 0 Å². The van der Waals surface area contributed by atoms with Crippen LogP contribution in [0.2, 0.25) is 0 Å². The van der Waals surface area contributed by atoms with Gasteiger partial charge in [0.2, 0.25) is 11.8 Å². The van der Waals surface area contributed by atoms with E-state index in [1.165, 1.54) is 0 Å². The summed E-state index contributed by atoms with van der Waals surface area (Å²) in [5, 5.41) is 4.29. The number of aryl methyl sites for hydroxylation is 1. The number of imidazole rings is 1. The molecule has 0 unspecified atom stereocenters. The normalized spacial score (nSPS) is 24.3. The third kappa shape index (κ3) is 4.05. The molecule has 8 nitrogen and oxygen atoms in total. The number of amides is 1. The lowest BCUT2D eigenvalue weighted by Gasteiger charge is -2.38. The third-order valence-corrected chi connectivity index (χ3v) is 5.74. The molecule has 0 spiro atoms. The Morgan fingerprint density at radius 3 is 3.00 bits per heavy atom. The molecule has 2 aliphatic heterocycles. The maximum atomic E-state index is 12.7. The molecule has 2 aliphatic rings. The van der Waals surface area contributed by atoms with Crippen molar-refractivity contribution in [2.75, 3.05) is 26.3 Å². The van der Waals surface area contributed by atoms with Gasteiger partial charge in [-0.2, -0.15) is 4.98 Å². The molecule has 2 aromatic rings. The van der Waals surface area contributed by atoms with Crippen LogP contribution < -0.4 is 0 Å². The highest BCUT2D eigenvalue weighted by molar-refractivity contribution is 5.76. The summed E-state index contributed by atoms with van der Waals surface area (Å²) in [6.45, 7) is 5.73. The van der Waals surface area contributed by atoms with E-state index in [1.807, 2.05) is 15.7 Å². The van der Waals surface area contributed by atoms with Crippen LogP contribution in [0.15, 0.2) is 23.2 Å². The zero-order chi connectivity index (χ0) is 18.7. The van der Waals surface area contributed by atoms with Gasteiger partial charge in [0.1, 0.15) is 0 Å². The number of hydrogen-bond donors (Lipinski definition) is 0. The zero-order valence-electron chi connectivity index (χ0n) is 15.8. The van der Waals surface area contributed by atoms with Crippen molar-refractivity contribution in [3.8, 4) is 0 Å². The first-order valence-corrected chi connectivity index (χ1v) is 9.79. The summed E-state index contributed by atoms with van der Waals surface area (Å²) < 4.78 is 12.9. The highest BCUT2D eigenvalue weighted by Gasteiger charge is 2.39. The van der Waals surface area contributed by atoms with Crippen molar-refractivity contribution < 1.29 is 14.1 Å². The Morgan fingerprint density at radius 2 is 2.22 bits per heavy atom. The van der Waals surface area contributed by atoms with Gasteiger partial charge >= 0.3 is 0 Å². The first-order chi connectivity index (χ1) is 13.1. The Balaban J connectivity index is 1.40. The Kier molecular flexibility index (Phi) is 5.24. The monoisotopic (exact) mass is 373 g/mol. The Hall–Kier alpha value is -2.22. The molecule has 0 bridgehead atoms. The number of carbonyl (C=O) groups is 1. The van der Waals surface area contributed by atoms with E-state index >= 15 is 0 Å². The fourth-order valence-corrected chi connectivity index (χ4v) is 4.03. The van der Waals surface area contributed by atoms with E-state index in [2.05, 4.69) is 17.1 Å². The van der Waals surface area contributed by atoms with E-state index < -0.39 is 0 Å². The maximum Gasteiger partial charge on any atom is 0.229 e. The third-order valence-electron chi connectivity index (χ3n) is 5.74. The van der Waals surface area contributed by atoms with Gasteiger partial charge in [-0.05, 0) is 25.7 Å². The van der Waals surface area contributed by atoms with Gasteiger partial charge in [0.05, 0.1) is 6.33 Å². The number of likely N-dealkylation sites (tertiary alicyclic amines) is 1. The van der Waals surface area contributed by atoms with Gasteiger partial charge in [0.15, 0.2) is 5.82 Å². The number of piperidine rings is 1. The van der Waals surface area contributed by atoms with Crippen molar-refractivity contribution in [1.29, 1.82) is 0 Å². The lowest BCUT2D eigenvalue weighted by atomic mass is 9.81. The molecule has 1 amide bonds. The van der Waals surface area contributed by atoms with Crippen LogP contribution in [-0.2, 0) is 21.5 Å². The average Bonchev–Trinajstić information content (AvgIpc) is 3.39. The summed E-state index contributed by atoms with van der Waals surface area (Å²) in [6, 6.07) is 0. The molecule has 8 heteroatoms. The number of hydrogen-bond acceptors (Lipinski definition) is 6. The number of carbonyl (C=O) groups excluding carboxylic acids is 1. The van der Waals surface area contributed by atoms with Gasteiger partial charge < -0.3 is 18.7 Å².